The maximum atomic E-state index is 11.3. The zero-order valence-electron chi connectivity index (χ0n) is 25.1. The normalized spacial score (nSPS) is 10.9. The number of hydrogen-bond donors (Lipinski definition) is 4. The van der Waals surface area contributed by atoms with E-state index in [4.69, 9.17) is 54.9 Å². The number of amides is 4. The lowest BCUT2D eigenvalue weighted by atomic mass is 10.3. The van der Waals surface area contributed by atoms with Crippen molar-refractivity contribution in [2.45, 2.75) is 0 Å². The van der Waals surface area contributed by atoms with Crippen LogP contribution in [0.25, 0.3) is 0 Å². The molecule has 0 aliphatic carbocycles. The van der Waals surface area contributed by atoms with Crippen LogP contribution in [0.3, 0.4) is 0 Å². The van der Waals surface area contributed by atoms with Crippen molar-refractivity contribution < 1.29 is 28.5 Å². The fraction of sp³-hybridized carbons (Fsp3) is 0.429. The Morgan fingerprint density at radius 3 is 1.18 bits per heavy atom. The quantitative estimate of drug-likeness (QED) is 0.0991. The largest absolute Gasteiger partial charge is 0.378 e. The molecule has 242 valence electrons. The van der Waals surface area contributed by atoms with Crippen LogP contribution in [0.1, 0.15) is 0 Å². The Kier molecular flexibility index (Phi) is 17.7. The third-order valence-corrected chi connectivity index (χ3v) is 6.31. The van der Waals surface area contributed by atoms with E-state index in [0.717, 1.165) is 11.4 Å². The smallest absolute Gasteiger partial charge is 0.318 e. The number of ether oxygens (including phenoxy) is 4. The standard InChI is InChI=1S/C28H42N8O6S2/c1-33(35(27(43)31-25(29)37)23-9-5-3-6-10-23)13-15-39-17-19-41-21-22-42-20-18-40-16-14-34(2)36(28(44)32-26(30)38)24-11-7-4-8-12-24/h3-12H,13-22H2,1-2H3,(H3,29,31,37,43)(H3,30,32,38,44). The molecule has 14 nitrogen and oxygen atoms in total. The second-order valence-corrected chi connectivity index (χ2v) is 9.87. The fourth-order valence-corrected chi connectivity index (χ4v) is 4.44. The van der Waals surface area contributed by atoms with Gasteiger partial charge >= 0.3 is 12.1 Å². The average Bonchev–Trinajstić information content (AvgIpc) is 2.98. The number of benzene rings is 2. The molecule has 4 amide bonds. The molecule has 44 heavy (non-hydrogen) atoms. The summed E-state index contributed by atoms with van der Waals surface area (Å²) in [7, 11) is 3.67. The average molecular weight is 651 g/mol. The summed E-state index contributed by atoms with van der Waals surface area (Å²) in [6.45, 7) is 4.38. The highest BCUT2D eigenvalue weighted by Gasteiger charge is 2.19. The van der Waals surface area contributed by atoms with Gasteiger partial charge in [-0.2, -0.15) is 0 Å². The first-order valence-electron chi connectivity index (χ1n) is 13.8. The highest BCUT2D eigenvalue weighted by atomic mass is 32.1. The van der Waals surface area contributed by atoms with Crippen LogP contribution in [-0.2, 0) is 18.9 Å². The molecule has 0 unspecified atom stereocenters. The number of urea groups is 2. The number of carbonyl (C=O) groups is 2. The van der Waals surface area contributed by atoms with Crippen molar-refractivity contribution >= 4 is 58.1 Å². The molecule has 6 N–H and O–H groups in total. The number of thiocarbonyl (C=S) groups is 2. The molecule has 0 heterocycles. The van der Waals surface area contributed by atoms with E-state index >= 15 is 0 Å². The SMILES string of the molecule is CN(CCOCCOCCOCCOCCN(C)N(C(=S)NC(N)=O)c1ccccc1)N(C(=S)NC(N)=O)c1ccccc1. The summed E-state index contributed by atoms with van der Waals surface area (Å²) in [4.78, 5) is 22.6. The van der Waals surface area contributed by atoms with E-state index in [1.54, 1.807) is 10.0 Å². The summed E-state index contributed by atoms with van der Waals surface area (Å²) >= 11 is 10.7. The van der Waals surface area contributed by atoms with E-state index < -0.39 is 12.1 Å². The molecule has 0 saturated carbocycles. The van der Waals surface area contributed by atoms with E-state index in [-0.39, 0.29) is 10.2 Å². The molecule has 0 atom stereocenters. The summed E-state index contributed by atoms with van der Waals surface area (Å²) in [6, 6.07) is 17.3. The van der Waals surface area contributed by atoms with Crippen molar-refractivity contribution in [2.24, 2.45) is 11.5 Å². The molecule has 2 aromatic rings. The van der Waals surface area contributed by atoms with Crippen molar-refractivity contribution in [1.82, 2.24) is 20.7 Å². The van der Waals surface area contributed by atoms with Crippen LogP contribution >= 0.6 is 24.4 Å². The van der Waals surface area contributed by atoms with Crippen LogP contribution < -0.4 is 32.1 Å². The third kappa shape index (κ3) is 14.3. The van der Waals surface area contributed by atoms with Crippen LogP contribution in [0.5, 0.6) is 0 Å². The van der Waals surface area contributed by atoms with Crippen molar-refractivity contribution in [3.8, 4) is 0 Å². The summed E-state index contributed by atoms with van der Waals surface area (Å²) in [6.07, 6.45) is 0. The minimum Gasteiger partial charge on any atom is -0.378 e. The van der Waals surface area contributed by atoms with E-state index in [1.165, 1.54) is 0 Å². The van der Waals surface area contributed by atoms with Gasteiger partial charge in [0.1, 0.15) is 0 Å². The Labute approximate surface area is 269 Å². The lowest BCUT2D eigenvalue weighted by molar-refractivity contribution is -0.00466. The van der Waals surface area contributed by atoms with E-state index in [2.05, 4.69) is 10.6 Å². The lowest BCUT2D eigenvalue weighted by Crippen LogP contribution is -2.52. The molecule has 0 saturated heterocycles. The lowest BCUT2D eigenvalue weighted by Gasteiger charge is -2.33. The van der Waals surface area contributed by atoms with Crippen LogP contribution in [-0.4, -0.2) is 112 Å². The van der Waals surface area contributed by atoms with Gasteiger partial charge in [0.25, 0.3) is 0 Å². The Balaban J connectivity index is 1.53. The third-order valence-electron chi connectivity index (χ3n) is 5.76. The van der Waals surface area contributed by atoms with Crippen LogP contribution in [0, 0.1) is 0 Å². The van der Waals surface area contributed by atoms with Gasteiger partial charge < -0.3 is 30.4 Å². The van der Waals surface area contributed by atoms with E-state index in [0.29, 0.717) is 65.9 Å². The highest BCUT2D eigenvalue weighted by molar-refractivity contribution is 7.80. The fourth-order valence-electron chi connectivity index (χ4n) is 3.75. The Morgan fingerprint density at radius 1 is 0.591 bits per heavy atom. The van der Waals surface area contributed by atoms with Gasteiger partial charge in [0.05, 0.1) is 64.2 Å². The molecule has 0 bridgehead atoms. The number of hydrogen-bond acceptors (Lipinski definition) is 10. The first-order chi connectivity index (χ1) is 21.2. The van der Waals surface area contributed by atoms with Gasteiger partial charge in [-0.05, 0) is 48.7 Å². The molecule has 0 radical (unpaired) electrons. The Hall–Kier alpha value is -3.48. The van der Waals surface area contributed by atoms with Crippen molar-refractivity contribution in [2.75, 3.05) is 90.1 Å². The number of likely N-dealkylation sites (N-methyl/N-ethyl adjacent to an activating group) is 2. The number of rotatable bonds is 19. The summed E-state index contributed by atoms with van der Waals surface area (Å²) in [5.74, 6) is 0. The number of hydrazine groups is 2. The van der Waals surface area contributed by atoms with Crippen LogP contribution in [0.4, 0.5) is 21.0 Å². The number of nitrogens with zero attached hydrogens (tertiary/aromatic N) is 4. The molecule has 2 rings (SSSR count). The molecule has 0 spiro atoms. The van der Waals surface area contributed by atoms with Gasteiger partial charge in [0.2, 0.25) is 0 Å². The zero-order valence-corrected chi connectivity index (χ0v) is 26.7. The molecule has 2 aromatic carbocycles. The number of carbonyl (C=O) groups excluding carboxylic acids is 2. The Bertz CT molecular complexity index is 1060. The molecular formula is C28H42N8O6S2. The topological polar surface area (TPSA) is 160 Å². The van der Waals surface area contributed by atoms with Crippen LogP contribution in [0.15, 0.2) is 60.7 Å². The molecule has 16 heteroatoms. The number of nitrogens with one attached hydrogen (secondary N) is 2. The maximum Gasteiger partial charge on any atom is 0.318 e. The maximum absolute atomic E-state index is 11.3. The number of nitrogens with two attached hydrogens (primary N) is 2. The van der Waals surface area contributed by atoms with E-state index in [9.17, 15) is 9.59 Å². The van der Waals surface area contributed by atoms with Gasteiger partial charge in [-0.15, -0.1) is 0 Å². The number of para-hydroxylation sites is 2. The molecule has 0 fully saturated rings. The van der Waals surface area contributed by atoms with Gasteiger partial charge in [-0.25, -0.2) is 29.6 Å². The zero-order chi connectivity index (χ0) is 32.2. The molecular weight excluding hydrogens is 608 g/mol. The molecule has 0 aliphatic rings. The van der Waals surface area contributed by atoms with Crippen molar-refractivity contribution in [1.29, 1.82) is 0 Å². The summed E-state index contributed by atoms with van der Waals surface area (Å²) in [5, 5.41) is 12.2. The predicted octanol–water partition coefficient (Wildman–Crippen LogP) is 1.67. The monoisotopic (exact) mass is 650 g/mol. The van der Waals surface area contributed by atoms with Crippen molar-refractivity contribution in [3.63, 3.8) is 0 Å². The molecule has 0 aromatic heterocycles. The number of primary amides is 2. The molecule has 0 aliphatic heterocycles. The highest BCUT2D eigenvalue weighted by Crippen LogP contribution is 2.16. The van der Waals surface area contributed by atoms with E-state index in [1.807, 2.05) is 84.8 Å². The summed E-state index contributed by atoms with van der Waals surface area (Å²) < 4.78 is 22.5. The second kappa shape index (κ2) is 21.3. The first-order valence-corrected chi connectivity index (χ1v) is 14.7. The second-order valence-electron chi connectivity index (χ2n) is 9.10. The Morgan fingerprint density at radius 2 is 0.886 bits per heavy atom. The van der Waals surface area contributed by atoms with Gasteiger partial charge in [0, 0.05) is 27.2 Å². The minimum absolute atomic E-state index is 0.168. The first kappa shape index (κ1) is 36.7. The number of anilines is 2. The minimum atomic E-state index is -0.730. The van der Waals surface area contributed by atoms with Crippen molar-refractivity contribution in [3.05, 3.63) is 60.7 Å². The summed E-state index contributed by atoms with van der Waals surface area (Å²) in [5.41, 5.74) is 12.0. The van der Waals surface area contributed by atoms with Gasteiger partial charge in [-0.3, -0.25) is 10.6 Å². The van der Waals surface area contributed by atoms with Crippen LogP contribution in [0.2, 0.25) is 0 Å². The van der Waals surface area contributed by atoms with Gasteiger partial charge in [0.15, 0.2) is 10.2 Å². The van der Waals surface area contributed by atoms with Gasteiger partial charge in [-0.1, -0.05) is 36.4 Å². The predicted molar refractivity (Wildman–Crippen MR) is 177 cm³/mol.